The molecule has 2 unspecified atom stereocenters. The Hall–Kier alpha value is -0.510. The molecule has 0 amide bonds. The summed E-state index contributed by atoms with van der Waals surface area (Å²) in [5, 5.41) is 8.75. The molecule has 0 saturated carbocycles. The SMILES string of the molecule is CCC(C)C(C#N)C(C)C. The van der Waals surface area contributed by atoms with Gasteiger partial charge in [-0.15, -0.1) is 0 Å². The molecule has 0 heterocycles. The van der Waals surface area contributed by atoms with Crippen molar-refractivity contribution in [1.29, 1.82) is 5.26 Å². The first-order valence-electron chi connectivity index (χ1n) is 4.03. The molecule has 0 fully saturated rings. The van der Waals surface area contributed by atoms with Crippen LogP contribution in [0.25, 0.3) is 0 Å². The molecule has 0 radical (unpaired) electrons. The smallest absolute Gasteiger partial charge is 0.0661 e. The van der Waals surface area contributed by atoms with E-state index < -0.39 is 0 Å². The molecule has 58 valence electrons. The lowest BCUT2D eigenvalue weighted by Gasteiger charge is -2.18. The van der Waals surface area contributed by atoms with Gasteiger partial charge in [-0.05, 0) is 11.8 Å². The Kier molecular flexibility index (Phi) is 4.11. The third-order valence-corrected chi connectivity index (χ3v) is 2.12. The van der Waals surface area contributed by atoms with E-state index >= 15 is 0 Å². The Bertz CT molecular complexity index is 121. The van der Waals surface area contributed by atoms with Crippen LogP contribution >= 0.6 is 0 Å². The molecule has 0 aliphatic heterocycles. The van der Waals surface area contributed by atoms with Gasteiger partial charge in [0.15, 0.2) is 0 Å². The molecule has 0 spiro atoms. The summed E-state index contributed by atoms with van der Waals surface area (Å²) in [4.78, 5) is 0. The van der Waals surface area contributed by atoms with E-state index in [9.17, 15) is 0 Å². The Labute approximate surface area is 64.1 Å². The van der Waals surface area contributed by atoms with Crippen LogP contribution in [0, 0.1) is 29.1 Å². The summed E-state index contributed by atoms with van der Waals surface area (Å²) in [6.07, 6.45) is 1.11. The van der Waals surface area contributed by atoms with Crippen LogP contribution in [0.3, 0.4) is 0 Å². The number of rotatable bonds is 3. The molecule has 0 N–H and O–H groups in total. The van der Waals surface area contributed by atoms with E-state index in [1.807, 2.05) is 0 Å². The maximum atomic E-state index is 8.75. The van der Waals surface area contributed by atoms with E-state index in [-0.39, 0.29) is 5.92 Å². The second-order valence-electron chi connectivity index (χ2n) is 3.28. The fourth-order valence-electron chi connectivity index (χ4n) is 1.19. The zero-order chi connectivity index (χ0) is 8.15. The average molecular weight is 139 g/mol. The van der Waals surface area contributed by atoms with Gasteiger partial charge < -0.3 is 0 Å². The van der Waals surface area contributed by atoms with Crippen LogP contribution in [0.15, 0.2) is 0 Å². The molecule has 0 bridgehead atoms. The molecule has 2 atom stereocenters. The first-order valence-corrected chi connectivity index (χ1v) is 4.03. The van der Waals surface area contributed by atoms with Crippen molar-refractivity contribution in [3.63, 3.8) is 0 Å². The van der Waals surface area contributed by atoms with Crippen LogP contribution in [-0.4, -0.2) is 0 Å². The molecular weight excluding hydrogens is 122 g/mol. The fourth-order valence-corrected chi connectivity index (χ4v) is 1.19. The van der Waals surface area contributed by atoms with Crippen molar-refractivity contribution < 1.29 is 0 Å². The maximum absolute atomic E-state index is 8.75. The van der Waals surface area contributed by atoms with Gasteiger partial charge in [0, 0.05) is 0 Å². The van der Waals surface area contributed by atoms with E-state index in [1.165, 1.54) is 0 Å². The molecule has 1 nitrogen and oxygen atoms in total. The number of hydrogen-bond acceptors (Lipinski definition) is 1. The van der Waals surface area contributed by atoms with E-state index in [4.69, 9.17) is 5.26 Å². The van der Waals surface area contributed by atoms with Crippen molar-refractivity contribution in [1.82, 2.24) is 0 Å². The summed E-state index contributed by atoms with van der Waals surface area (Å²) < 4.78 is 0. The second-order valence-corrected chi connectivity index (χ2v) is 3.28. The normalized spacial score (nSPS) is 16.4. The largest absolute Gasteiger partial charge is 0.198 e. The predicted molar refractivity (Wildman–Crippen MR) is 43.4 cm³/mol. The minimum atomic E-state index is 0.241. The standard InChI is InChI=1S/C9H17N/c1-5-8(4)9(6-10)7(2)3/h7-9H,5H2,1-4H3. The van der Waals surface area contributed by atoms with E-state index in [0.29, 0.717) is 11.8 Å². The predicted octanol–water partition coefficient (Wildman–Crippen LogP) is 2.83. The second kappa shape index (κ2) is 4.33. The Morgan fingerprint density at radius 2 is 1.80 bits per heavy atom. The van der Waals surface area contributed by atoms with Gasteiger partial charge in [0.2, 0.25) is 0 Å². The Morgan fingerprint density at radius 3 is 1.90 bits per heavy atom. The molecule has 0 aromatic rings. The lowest BCUT2D eigenvalue weighted by molar-refractivity contribution is 0.335. The topological polar surface area (TPSA) is 23.8 Å². The Balaban J connectivity index is 3.96. The Morgan fingerprint density at radius 1 is 1.30 bits per heavy atom. The minimum absolute atomic E-state index is 0.241. The van der Waals surface area contributed by atoms with Crippen molar-refractivity contribution in [2.24, 2.45) is 17.8 Å². The van der Waals surface area contributed by atoms with Gasteiger partial charge in [-0.1, -0.05) is 34.1 Å². The van der Waals surface area contributed by atoms with Crippen LogP contribution in [0.2, 0.25) is 0 Å². The average Bonchev–Trinajstić information content (AvgIpc) is 1.88. The third-order valence-electron chi connectivity index (χ3n) is 2.12. The highest BCUT2D eigenvalue weighted by Crippen LogP contribution is 2.21. The van der Waals surface area contributed by atoms with E-state index in [0.717, 1.165) is 6.42 Å². The van der Waals surface area contributed by atoms with Crippen molar-refractivity contribution in [2.45, 2.75) is 34.1 Å². The van der Waals surface area contributed by atoms with Crippen LogP contribution in [-0.2, 0) is 0 Å². The van der Waals surface area contributed by atoms with Crippen molar-refractivity contribution in [3.05, 3.63) is 0 Å². The van der Waals surface area contributed by atoms with Gasteiger partial charge in [0.1, 0.15) is 0 Å². The lowest BCUT2D eigenvalue weighted by Crippen LogP contribution is -2.14. The minimum Gasteiger partial charge on any atom is -0.198 e. The van der Waals surface area contributed by atoms with Gasteiger partial charge >= 0.3 is 0 Å². The zero-order valence-electron chi connectivity index (χ0n) is 7.39. The maximum Gasteiger partial charge on any atom is 0.0661 e. The zero-order valence-corrected chi connectivity index (χ0v) is 7.39. The molecule has 1 heteroatoms. The summed E-state index contributed by atoms with van der Waals surface area (Å²) in [7, 11) is 0. The summed E-state index contributed by atoms with van der Waals surface area (Å²) in [6, 6.07) is 2.35. The van der Waals surface area contributed by atoms with Crippen LogP contribution in [0.5, 0.6) is 0 Å². The van der Waals surface area contributed by atoms with Crippen LogP contribution in [0.4, 0.5) is 0 Å². The summed E-state index contributed by atoms with van der Waals surface area (Å²) >= 11 is 0. The molecule has 0 aliphatic rings. The molecule has 0 aromatic heterocycles. The van der Waals surface area contributed by atoms with E-state index in [2.05, 4.69) is 33.8 Å². The molecule has 0 saturated heterocycles. The number of hydrogen-bond donors (Lipinski definition) is 0. The van der Waals surface area contributed by atoms with Crippen molar-refractivity contribution in [3.8, 4) is 6.07 Å². The molecular formula is C9H17N. The quantitative estimate of drug-likeness (QED) is 0.589. The van der Waals surface area contributed by atoms with E-state index in [1.54, 1.807) is 0 Å². The highest BCUT2D eigenvalue weighted by Gasteiger charge is 2.17. The van der Waals surface area contributed by atoms with Gasteiger partial charge in [-0.2, -0.15) is 5.26 Å². The van der Waals surface area contributed by atoms with Gasteiger partial charge in [0.05, 0.1) is 12.0 Å². The van der Waals surface area contributed by atoms with Gasteiger partial charge in [-0.3, -0.25) is 0 Å². The van der Waals surface area contributed by atoms with Gasteiger partial charge in [-0.25, -0.2) is 0 Å². The van der Waals surface area contributed by atoms with Crippen molar-refractivity contribution >= 4 is 0 Å². The molecule has 10 heavy (non-hydrogen) atoms. The third kappa shape index (κ3) is 2.39. The van der Waals surface area contributed by atoms with Crippen LogP contribution < -0.4 is 0 Å². The number of nitrogens with zero attached hydrogens (tertiary/aromatic N) is 1. The van der Waals surface area contributed by atoms with Gasteiger partial charge in [0.25, 0.3) is 0 Å². The lowest BCUT2D eigenvalue weighted by atomic mass is 9.84. The van der Waals surface area contributed by atoms with Crippen molar-refractivity contribution in [2.75, 3.05) is 0 Å². The molecule has 0 rings (SSSR count). The summed E-state index contributed by atoms with van der Waals surface area (Å²) in [5.41, 5.74) is 0. The summed E-state index contributed by atoms with van der Waals surface area (Å²) in [6.45, 7) is 8.51. The monoisotopic (exact) mass is 139 g/mol. The molecule has 0 aromatic carbocycles. The molecule has 0 aliphatic carbocycles. The van der Waals surface area contributed by atoms with Crippen LogP contribution in [0.1, 0.15) is 34.1 Å². The fraction of sp³-hybridized carbons (Fsp3) is 0.889. The summed E-state index contributed by atoms with van der Waals surface area (Å²) in [5.74, 6) is 1.29. The first-order chi connectivity index (χ1) is 4.63. The highest BCUT2D eigenvalue weighted by molar-refractivity contribution is 4.87. The highest BCUT2D eigenvalue weighted by atomic mass is 14.3. The first kappa shape index (κ1) is 9.49. The number of nitriles is 1.